The summed E-state index contributed by atoms with van der Waals surface area (Å²) in [5, 5.41) is 16.0. The van der Waals surface area contributed by atoms with E-state index in [1.165, 1.54) is 17.7 Å². The lowest BCUT2D eigenvalue weighted by atomic mass is 9.91. The largest absolute Gasteiger partial charge is 0.496 e. The molecule has 1 saturated heterocycles. The maximum atomic E-state index is 13.6. The van der Waals surface area contributed by atoms with E-state index in [-0.39, 0.29) is 23.9 Å². The zero-order chi connectivity index (χ0) is 25.3. The molecular weight excluding hydrogens is 520 g/mol. The quantitative estimate of drug-likeness (QED) is 0.357. The fraction of sp³-hybridized carbons (Fsp3) is 0.500. The standard InChI is InChI=1S/C24H29BrN4O6/c1-35-20-10-14(25)9-17-15(20)11-19(24(33)34)29(17)18(7-12-4-5-12)23(32)28-16(21(26)30)8-13-3-2-6-27-22(13)31/h9-13,16,18H,2-8H2,1H3,(H2,26,30)(H,27,31)(H,28,32)(H,33,34). The third-order valence-electron chi connectivity index (χ3n) is 6.77. The number of fused-ring (bicyclic) bond motifs is 1. The number of carbonyl (C=O) groups excluding carboxylic acids is 3. The number of primary amides is 1. The highest BCUT2D eigenvalue weighted by molar-refractivity contribution is 9.10. The number of hydrogen-bond acceptors (Lipinski definition) is 5. The summed E-state index contributed by atoms with van der Waals surface area (Å²) < 4.78 is 7.62. The Morgan fingerprint density at radius 1 is 1.26 bits per heavy atom. The molecule has 2 aromatic rings. The molecule has 11 heteroatoms. The number of benzene rings is 1. The van der Waals surface area contributed by atoms with Crippen LogP contribution in [0.25, 0.3) is 10.9 Å². The van der Waals surface area contributed by atoms with Gasteiger partial charge in [-0.2, -0.15) is 0 Å². The molecule has 1 aromatic carbocycles. The first-order valence-corrected chi connectivity index (χ1v) is 12.5. The average Bonchev–Trinajstić information content (AvgIpc) is 3.55. The Balaban J connectivity index is 1.71. The van der Waals surface area contributed by atoms with E-state index in [1.54, 1.807) is 12.1 Å². The highest BCUT2D eigenvalue weighted by Gasteiger charge is 2.36. The van der Waals surface area contributed by atoms with Crippen LogP contribution < -0.4 is 21.1 Å². The van der Waals surface area contributed by atoms with Crippen LogP contribution in [0, 0.1) is 11.8 Å². The van der Waals surface area contributed by atoms with Gasteiger partial charge < -0.3 is 30.8 Å². The zero-order valence-electron chi connectivity index (χ0n) is 19.4. The zero-order valence-corrected chi connectivity index (χ0v) is 21.0. The van der Waals surface area contributed by atoms with E-state index in [1.807, 2.05) is 0 Å². The Hall–Kier alpha value is -3.08. The molecule has 188 valence electrons. The lowest BCUT2D eigenvalue weighted by Gasteiger charge is -2.27. The maximum Gasteiger partial charge on any atom is 0.352 e. The van der Waals surface area contributed by atoms with Gasteiger partial charge in [0.15, 0.2) is 0 Å². The fourth-order valence-electron chi connectivity index (χ4n) is 4.79. The van der Waals surface area contributed by atoms with Crippen LogP contribution in [-0.2, 0) is 14.4 Å². The summed E-state index contributed by atoms with van der Waals surface area (Å²) in [5.41, 5.74) is 6.07. The van der Waals surface area contributed by atoms with E-state index in [2.05, 4.69) is 26.6 Å². The Labute approximate surface area is 210 Å². The van der Waals surface area contributed by atoms with Gasteiger partial charge in [-0.05, 0) is 49.8 Å². The van der Waals surface area contributed by atoms with Crippen LogP contribution in [0.3, 0.4) is 0 Å². The number of nitrogens with two attached hydrogens (primary N) is 1. The van der Waals surface area contributed by atoms with E-state index in [0.29, 0.717) is 40.5 Å². The van der Waals surface area contributed by atoms with Gasteiger partial charge >= 0.3 is 5.97 Å². The highest BCUT2D eigenvalue weighted by Crippen LogP contribution is 2.41. The summed E-state index contributed by atoms with van der Waals surface area (Å²) in [4.78, 5) is 50.3. The van der Waals surface area contributed by atoms with Gasteiger partial charge in [0.25, 0.3) is 0 Å². The number of aromatic nitrogens is 1. The van der Waals surface area contributed by atoms with Gasteiger partial charge in [0, 0.05) is 22.3 Å². The van der Waals surface area contributed by atoms with Gasteiger partial charge in [0.2, 0.25) is 17.7 Å². The molecule has 4 rings (SSSR count). The predicted octanol–water partition coefficient (Wildman–Crippen LogP) is 2.34. The first kappa shape index (κ1) is 25.0. The van der Waals surface area contributed by atoms with Gasteiger partial charge in [0.05, 0.1) is 12.6 Å². The van der Waals surface area contributed by atoms with Crippen LogP contribution in [-0.4, -0.2) is 53.1 Å². The predicted molar refractivity (Wildman–Crippen MR) is 131 cm³/mol. The van der Waals surface area contributed by atoms with Crippen molar-refractivity contribution in [2.24, 2.45) is 17.6 Å². The molecule has 35 heavy (non-hydrogen) atoms. The van der Waals surface area contributed by atoms with Crippen molar-refractivity contribution in [1.29, 1.82) is 0 Å². The number of halogens is 1. The van der Waals surface area contributed by atoms with Crippen molar-refractivity contribution in [3.05, 3.63) is 28.4 Å². The molecule has 1 aliphatic carbocycles. The van der Waals surface area contributed by atoms with Crippen LogP contribution in [0.4, 0.5) is 0 Å². The van der Waals surface area contributed by atoms with Gasteiger partial charge in [-0.3, -0.25) is 14.4 Å². The molecular formula is C24H29BrN4O6. The van der Waals surface area contributed by atoms with E-state index < -0.39 is 35.8 Å². The van der Waals surface area contributed by atoms with Crippen molar-refractivity contribution in [1.82, 2.24) is 15.2 Å². The molecule has 2 heterocycles. The van der Waals surface area contributed by atoms with Crippen molar-refractivity contribution in [3.63, 3.8) is 0 Å². The Bertz CT molecular complexity index is 1170. The molecule has 3 amide bonds. The SMILES string of the molecule is COc1cc(Br)cc2c1cc(C(=O)O)n2C(CC1CC1)C(=O)NC(CC1CCCNC1=O)C(N)=O. The van der Waals surface area contributed by atoms with Gasteiger partial charge in [-0.1, -0.05) is 28.8 Å². The third-order valence-corrected chi connectivity index (χ3v) is 7.23. The minimum atomic E-state index is -1.18. The summed E-state index contributed by atoms with van der Waals surface area (Å²) in [5.74, 6) is -2.26. The molecule has 10 nitrogen and oxygen atoms in total. The highest BCUT2D eigenvalue weighted by atomic mass is 79.9. The Kier molecular flexibility index (Phi) is 7.34. The van der Waals surface area contributed by atoms with Crippen LogP contribution in [0.15, 0.2) is 22.7 Å². The minimum Gasteiger partial charge on any atom is -0.496 e. The maximum absolute atomic E-state index is 13.6. The number of carbonyl (C=O) groups is 4. The van der Waals surface area contributed by atoms with Crippen LogP contribution >= 0.6 is 15.9 Å². The molecule has 0 bridgehead atoms. The fourth-order valence-corrected chi connectivity index (χ4v) is 5.21. The van der Waals surface area contributed by atoms with E-state index >= 15 is 0 Å². The van der Waals surface area contributed by atoms with Gasteiger partial charge in [-0.15, -0.1) is 0 Å². The molecule has 1 saturated carbocycles. The van der Waals surface area contributed by atoms with Crippen LogP contribution in [0.1, 0.15) is 55.1 Å². The number of rotatable bonds is 10. The summed E-state index contributed by atoms with van der Waals surface area (Å²) in [6.07, 6.45) is 3.80. The van der Waals surface area contributed by atoms with Gasteiger partial charge in [0.1, 0.15) is 23.5 Å². The number of nitrogens with zero attached hydrogens (tertiary/aromatic N) is 1. The molecule has 3 atom stereocenters. The van der Waals surface area contributed by atoms with E-state index in [0.717, 1.165) is 19.3 Å². The lowest BCUT2D eigenvalue weighted by molar-refractivity contribution is -0.132. The lowest BCUT2D eigenvalue weighted by Crippen LogP contribution is -2.50. The molecule has 2 fully saturated rings. The van der Waals surface area contributed by atoms with E-state index in [4.69, 9.17) is 10.5 Å². The second kappa shape index (κ2) is 10.3. The molecule has 0 spiro atoms. The Morgan fingerprint density at radius 2 is 2.00 bits per heavy atom. The molecule has 3 unspecified atom stereocenters. The molecule has 1 aliphatic heterocycles. The van der Waals surface area contributed by atoms with Crippen molar-refractivity contribution < 1.29 is 29.0 Å². The number of ether oxygens (including phenoxy) is 1. The first-order valence-electron chi connectivity index (χ1n) is 11.7. The second-order valence-electron chi connectivity index (χ2n) is 9.27. The summed E-state index contributed by atoms with van der Waals surface area (Å²) in [6.45, 7) is 0.587. The summed E-state index contributed by atoms with van der Waals surface area (Å²) >= 11 is 3.43. The smallest absolute Gasteiger partial charge is 0.352 e. The number of piperidine rings is 1. The molecule has 2 aliphatic rings. The molecule has 0 radical (unpaired) electrons. The topological polar surface area (TPSA) is 153 Å². The monoisotopic (exact) mass is 548 g/mol. The molecule has 5 N–H and O–H groups in total. The summed E-state index contributed by atoms with van der Waals surface area (Å²) in [7, 11) is 1.49. The number of carboxylic acids is 1. The van der Waals surface area contributed by atoms with E-state index in [9.17, 15) is 24.3 Å². The van der Waals surface area contributed by atoms with Crippen LogP contribution in [0.5, 0.6) is 5.75 Å². The van der Waals surface area contributed by atoms with Crippen molar-refractivity contribution in [2.45, 2.75) is 50.6 Å². The number of carboxylic acid groups (broad SMARTS) is 1. The summed E-state index contributed by atoms with van der Waals surface area (Å²) in [6, 6.07) is 3.04. The third kappa shape index (κ3) is 5.44. The number of hydrogen-bond donors (Lipinski definition) is 4. The molecule has 1 aromatic heterocycles. The number of methoxy groups -OCH3 is 1. The normalized spacial score (nSPS) is 19.6. The Morgan fingerprint density at radius 3 is 2.60 bits per heavy atom. The average molecular weight is 549 g/mol. The van der Waals surface area contributed by atoms with Gasteiger partial charge in [-0.25, -0.2) is 4.79 Å². The second-order valence-corrected chi connectivity index (χ2v) is 10.2. The van der Waals surface area contributed by atoms with Crippen LogP contribution in [0.2, 0.25) is 0 Å². The van der Waals surface area contributed by atoms with Crippen molar-refractivity contribution in [3.8, 4) is 5.75 Å². The number of amides is 3. The number of aromatic carboxylic acids is 1. The first-order chi connectivity index (χ1) is 16.7. The minimum absolute atomic E-state index is 0.0560. The number of nitrogens with one attached hydrogen (secondary N) is 2. The van der Waals surface area contributed by atoms with Crippen molar-refractivity contribution >= 4 is 50.5 Å². The van der Waals surface area contributed by atoms with Crippen molar-refractivity contribution in [2.75, 3.05) is 13.7 Å².